The van der Waals surface area contributed by atoms with Crippen LogP contribution in [-0.2, 0) is 0 Å². The van der Waals surface area contributed by atoms with Gasteiger partial charge in [0.05, 0.1) is 10.4 Å². The summed E-state index contributed by atoms with van der Waals surface area (Å²) in [6.45, 7) is 0. The molecule has 0 aliphatic rings. The Hall–Kier alpha value is -5.24. The van der Waals surface area contributed by atoms with Gasteiger partial charge in [0.1, 0.15) is 0 Å². The first-order chi connectivity index (χ1) is 17.5. The van der Waals surface area contributed by atoms with Crippen molar-refractivity contribution in [3.8, 4) is 0 Å². The highest BCUT2D eigenvalue weighted by Crippen LogP contribution is 2.28. The Morgan fingerprint density at radius 2 is 1.36 bits per heavy atom. The highest BCUT2D eigenvalue weighted by molar-refractivity contribution is 6.04. The number of nitrogens with zero attached hydrogens (tertiary/aromatic N) is 2. The zero-order valence-corrected chi connectivity index (χ0v) is 19.0. The van der Waals surface area contributed by atoms with Crippen LogP contribution in [0.3, 0.4) is 0 Å². The second-order valence-electron chi connectivity index (χ2n) is 8.04. The van der Waals surface area contributed by atoms with Crippen LogP contribution in [0, 0.1) is 10.1 Å². The van der Waals surface area contributed by atoms with E-state index in [1.165, 1.54) is 12.1 Å². The molecular weight excluding hydrogens is 454 g/mol. The summed E-state index contributed by atoms with van der Waals surface area (Å²) in [5.74, 6) is -0.205. The summed E-state index contributed by atoms with van der Waals surface area (Å²) in [6, 6.07) is 30.8. The van der Waals surface area contributed by atoms with Gasteiger partial charge >= 0.3 is 0 Å². The van der Waals surface area contributed by atoms with Gasteiger partial charge in [-0.25, -0.2) is 0 Å². The first-order valence-electron chi connectivity index (χ1n) is 11.2. The summed E-state index contributed by atoms with van der Waals surface area (Å²) in [4.78, 5) is 27.5. The Bertz CT molecular complexity index is 1540. The number of nitrogens with one attached hydrogen (secondary N) is 3. The minimum Gasteiger partial charge on any atom is -0.356 e. The van der Waals surface area contributed by atoms with Gasteiger partial charge in [0, 0.05) is 57.7 Å². The van der Waals surface area contributed by atoms with Gasteiger partial charge < -0.3 is 16.0 Å². The topological polar surface area (TPSA) is 109 Å². The molecule has 0 aliphatic carbocycles. The first kappa shape index (κ1) is 22.5. The average molecular weight is 476 g/mol. The lowest BCUT2D eigenvalue weighted by Gasteiger charge is -2.11. The van der Waals surface area contributed by atoms with E-state index >= 15 is 0 Å². The van der Waals surface area contributed by atoms with Gasteiger partial charge in [-0.2, -0.15) is 0 Å². The summed E-state index contributed by atoms with van der Waals surface area (Å²) in [7, 11) is 0. The zero-order valence-electron chi connectivity index (χ0n) is 19.0. The van der Waals surface area contributed by atoms with E-state index in [0.29, 0.717) is 16.8 Å². The standard InChI is InChI=1S/C28H21N5O3/c34-28(19-6-8-21(9-7-19)30-20-4-2-1-3-5-20)32-23-12-10-22(11-13-23)31-26-16-17-29-27-18-24(33(35)36)14-15-25(26)27/h1-18,30H,(H,29,31)(H,32,34). The molecule has 3 N–H and O–H groups in total. The largest absolute Gasteiger partial charge is 0.356 e. The number of benzene rings is 4. The van der Waals surface area contributed by atoms with Crippen LogP contribution in [0.15, 0.2) is 109 Å². The minimum absolute atomic E-state index is 0.00524. The molecule has 1 aromatic heterocycles. The number of carbonyl (C=O) groups is 1. The monoisotopic (exact) mass is 475 g/mol. The normalized spacial score (nSPS) is 10.6. The predicted octanol–water partition coefficient (Wildman–Crippen LogP) is 6.88. The number of pyridine rings is 1. The summed E-state index contributed by atoms with van der Waals surface area (Å²) in [5.41, 5.74) is 5.18. The van der Waals surface area contributed by atoms with Crippen LogP contribution in [-0.4, -0.2) is 15.8 Å². The molecule has 0 saturated carbocycles. The van der Waals surface area contributed by atoms with Gasteiger partial charge in [-0.3, -0.25) is 19.9 Å². The average Bonchev–Trinajstić information content (AvgIpc) is 2.90. The number of nitro benzene ring substituents is 1. The van der Waals surface area contributed by atoms with Gasteiger partial charge in [-0.05, 0) is 72.8 Å². The molecule has 0 aliphatic heterocycles. The molecule has 0 saturated heterocycles. The maximum atomic E-state index is 12.7. The molecule has 0 spiro atoms. The summed E-state index contributed by atoms with van der Waals surface area (Å²) >= 11 is 0. The van der Waals surface area contributed by atoms with Gasteiger partial charge in [-0.15, -0.1) is 0 Å². The van der Waals surface area contributed by atoms with E-state index in [4.69, 9.17) is 0 Å². The second-order valence-corrected chi connectivity index (χ2v) is 8.04. The van der Waals surface area contributed by atoms with Crippen LogP contribution in [0.25, 0.3) is 10.9 Å². The Balaban J connectivity index is 1.24. The van der Waals surface area contributed by atoms with E-state index in [1.807, 2.05) is 54.6 Å². The van der Waals surface area contributed by atoms with Crippen molar-refractivity contribution in [2.45, 2.75) is 0 Å². The molecule has 1 heterocycles. The number of para-hydroxylation sites is 1. The lowest BCUT2D eigenvalue weighted by molar-refractivity contribution is -0.384. The van der Waals surface area contributed by atoms with E-state index in [0.717, 1.165) is 28.1 Å². The van der Waals surface area contributed by atoms with Gasteiger partial charge in [0.25, 0.3) is 11.6 Å². The van der Waals surface area contributed by atoms with E-state index in [-0.39, 0.29) is 11.6 Å². The molecular formula is C28H21N5O3. The van der Waals surface area contributed by atoms with Crippen molar-refractivity contribution in [3.05, 3.63) is 125 Å². The predicted molar refractivity (Wildman–Crippen MR) is 142 cm³/mol. The van der Waals surface area contributed by atoms with Crippen LogP contribution >= 0.6 is 0 Å². The lowest BCUT2D eigenvalue weighted by Crippen LogP contribution is -2.11. The molecule has 0 fully saturated rings. The Kier molecular flexibility index (Phi) is 6.23. The third-order valence-corrected chi connectivity index (χ3v) is 5.57. The van der Waals surface area contributed by atoms with Crippen molar-refractivity contribution in [2.24, 2.45) is 0 Å². The number of rotatable bonds is 7. The SMILES string of the molecule is O=C(Nc1ccc(Nc2ccnc3cc([N+](=O)[O-])ccc23)cc1)c1ccc(Nc2ccccc2)cc1. The first-order valence-corrected chi connectivity index (χ1v) is 11.2. The van der Waals surface area contributed by atoms with Gasteiger partial charge in [-0.1, -0.05) is 18.2 Å². The fourth-order valence-corrected chi connectivity index (χ4v) is 3.75. The molecule has 0 unspecified atom stereocenters. The molecule has 8 heteroatoms. The Labute approximate surface area is 206 Å². The number of amides is 1. The van der Waals surface area contributed by atoms with Crippen LogP contribution in [0.4, 0.5) is 34.1 Å². The number of anilines is 5. The molecule has 8 nitrogen and oxygen atoms in total. The molecule has 36 heavy (non-hydrogen) atoms. The molecule has 0 atom stereocenters. The zero-order chi connectivity index (χ0) is 24.9. The van der Waals surface area contributed by atoms with Crippen LogP contribution in [0.5, 0.6) is 0 Å². The Morgan fingerprint density at radius 1 is 0.722 bits per heavy atom. The highest BCUT2D eigenvalue weighted by atomic mass is 16.6. The van der Waals surface area contributed by atoms with Gasteiger partial charge in [0.2, 0.25) is 0 Å². The second kappa shape index (κ2) is 9.94. The van der Waals surface area contributed by atoms with Crippen LogP contribution < -0.4 is 16.0 Å². The van der Waals surface area contributed by atoms with Gasteiger partial charge in [0.15, 0.2) is 0 Å². The number of carbonyl (C=O) groups excluding carboxylic acids is 1. The molecule has 1 amide bonds. The smallest absolute Gasteiger partial charge is 0.271 e. The van der Waals surface area contributed by atoms with Crippen LogP contribution in [0.2, 0.25) is 0 Å². The number of aromatic nitrogens is 1. The van der Waals surface area contributed by atoms with E-state index in [1.54, 1.807) is 42.6 Å². The minimum atomic E-state index is -0.440. The van der Waals surface area contributed by atoms with Crippen molar-refractivity contribution in [1.82, 2.24) is 4.98 Å². The van der Waals surface area contributed by atoms with E-state index in [9.17, 15) is 14.9 Å². The third kappa shape index (κ3) is 5.13. The molecule has 0 radical (unpaired) electrons. The summed E-state index contributed by atoms with van der Waals surface area (Å²) < 4.78 is 0. The third-order valence-electron chi connectivity index (χ3n) is 5.57. The number of hydrogen-bond acceptors (Lipinski definition) is 6. The number of hydrogen-bond donors (Lipinski definition) is 3. The molecule has 5 rings (SSSR count). The summed E-state index contributed by atoms with van der Waals surface area (Å²) in [6.07, 6.45) is 1.60. The molecule has 0 bridgehead atoms. The van der Waals surface area contributed by atoms with E-state index in [2.05, 4.69) is 20.9 Å². The van der Waals surface area contributed by atoms with Crippen molar-refractivity contribution < 1.29 is 9.72 Å². The highest BCUT2D eigenvalue weighted by Gasteiger charge is 2.10. The maximum Gasteiger partial charge on any atom is 0.271 e. The van der Waals surface area contributed by atoms with Crippen molar-refractivity contribution in [3.63, 3.8) is 0 Å². The van der Waals surface area contributed by atoms with E-state index < -0.39 is 4.92 Å². The maximum absolute atomic E-state index is 12.7. The van der Waals surface area contributed by atoms with Crippen LogP contribution in [0.1, 0.15) is 10.4 Å². The number of non-ortho nitro benzene ring substituents is 1. The lowest BCUT2D eigenvalue weighted by atomic mass is 10.1. The van der Waals surface area contributed by atoms with Crippen molar-refractivity contribution >= 4 is 50.9 Å². The molecule has 5 aromatic rings. The molecule has 176 valence electrons. The quantitative estimate of drug-likeness (QED) is 0.175. The Morgan fingerprint density at radius 3 is 2.08 bits per heavy atom. The summed E-state index contributed by atoms with van der Waals surface area (Å²) in [5, 5.41) is 21.3. The fraction of sp³-hybridized carbons (Fsp3) is 0. The van der Waals surface area contributed by atoms with Crippen molar-refractivity contribution in [2.75, 3.05) is 16.0 Å². The van der Waals surface area contributed by atoms with Crippen molar-refractivity contribution in [1.29, 1.82) is 0 Å². The number of nitro groups is 1. The fourth-order valence-electron chi connectivity index (χ4n) is 3.75. The number of fused-ring (bicyclic) bond motifs is 1. The molecule has 4 aromatic carbocycles.